The standard InChI is InChI=1S/C18H17FN2O2S3/c1-22-14-6-3-12(4-7-14)10-24-17-20-21-18(26-17)25-11-13-5-8-16(23-2)15(19)9-13/h3-9H,10-11H2,1-2H3. The van der Waals surface area contributed by atoms with Gasteiger partial charge in [0.15, 0.2) is 20.2 Å². The number of nitrogens with zero attached hydrogens (tertiary/aromatic N) is 2. The van der Waals surface area contributed by atoms with Gasteiger partial charge in [-0.05, 0) is 35.4 Å². The zero-order valence-corrected chi connectivity index (χ0v) is 16.7. The lowest BCUT2D eigenvalue weighted by Crippen LogP contribution is -1.89. The predicted molar refractivity (Wildman–Crippen MR) is 105 cm³/mol. The molecule has 0 unspecified atom stereocenters. The lowest BCUT2D eigenvalue weighted by Gasteiger charge is -2.03. The normalized spacial score (nSPS) is 10.7. The first-order valence-corrected chi connectivity index (χ1v) is 10.5. The second-order valence-corrected chi connectivity index (χ2v) is 8.65. The molecule has 1 heterocycles. The summed E-state index contributed by atoms with van der Waals surface area (Å²) in [7, 11) is 3.11. The van der Waals surface area contributed by atoms with E-state index in [0.29, 0.717) is 5.75 Å². The smallest absolute Gasteiger partial charge is 0.175 e. The van der Waals surface area contributed by atoms with E-state index in [1.165, 1.54) is 18.7 Å². The van der Waals surface area contributed by atoms with E-state index in [9.17, 15) is 4.39 Å². The van der Waals surface area contributed by atoms with Gasteiger partial charge < -0.3 is 9.47 Å². The Bertz CT molecular complexity index is 856. The first-order valence-electron chi connectivity index (χ1n) is 7.72. The minimum absolute atomic E-state index is 0.256. The van der Waals surface area contributed by atoms with Crippen molar-refractivity contribution in [3.05, 3.63) is 59.4 Å². The molecule has 4 nitrogen and oxygen atoms in total. The fraction of sp³-hybridized carbons (Fsp3) is 0.222. The number of rotatable bonds is 8. The van der Waals surface area contributed by atoms with Gasteiger partial charge in [0, 0.05) is 11.5 Å². The van der Waals surface area contributed by atoms with Crippen molar-refractivity contribution in [2.75, 3.05) is 14.2 Å². The minimum Gasteiger partial charge on any atom is -0.497 e. The lowest BCUT2D eigenvalue weighted by molar-refractivity contribution is 0.386. The number of ether oxygens (including phenoxy) is 2. The van der Waals surface area contributed by atoms with Crippen molar-refractivity contribution >= 4 is 34.9 Å². The Morgan fingerprint density at radius 1 is 0.885 bits per heavy atom. The second kappa shape index (κ2) is 9.25. The molecule has 0 atom stereocenters. The number of hydrogen-bond acceptors (Lipinski definition) is 7. The van der Waals surface area contributed by atoms with Crippen LogP contribution in [-0.4, -0.2) is 24.4 Å². The molecule has 1 aromatic heterocycles. The largest absolute Gasteiger partial charge is 0.497 e. The third-order valence-corrected chi connectivity index (χ3v) is 6.82. The van der Waals surface area contributed by atoms with E-state index in [2.05, 4.69) is 10.2 Å². The van der Waals surface area contributed by atoms with Gasteiger partial charge in [0.05, 0.1) is 14.2 Å². The van der Waals surface area contributed by atoms with Crippen LogP contribution in [-0.2, 0) is 11.5 Å². The molecule has 0 saturated heterocycles. The summed E-state index contributed by atoms with van der Waals surface area (Å²) >= 11 is 4.75. The van der Waals surface area contributed by atoms with Crippen LogP contribution >= 0.6 is 34.9 Å². The molecule has 26 heavy (non-hydrogen) atoms. The molecule has 0 amide bonds. The molecule has 0 bridgehead atoms. The highest BCUT2D eigenvalue weighted by atomic mass is 32.2. The molecule has 3 aromatic rings. The number of halogens is 1. The maximum absolute atomic E-state index is 13.7. The summed E-state index contributed by atoms with van der Waals surface area (Å²) < 4.78 is 25.6. The van der Waals surface area contributed by atoms with Crippen molar-refractivity contribution < 1.29 is 13.9 Å². The van der Waals surface area contributed by atoms with E-state index in [0.717, 1.165) is 25.7 Å². The molecular formula is C18H17FN2O2S3. The van der Waals surface area contributed by atoms with E-state index in [1.54, 1.807) is 48.0 Å². The molecule has 0 saturated carbocycles. The third kappa shape index (κ3) is 5.12. The first-order chi connectivity index (χ1) is 12.7. The predicted octanol–water partition coefficient (Wildman–Crippen LogP) is 5.28. The van der Waals surface area contributed by atoms with E-state index < -0.39 is 0 Å². The van der Waals surface area contributed by atoms with Gasteiger partial charge in [-0.2, -0.15) is 0 Å². The van der Waals surface area contributed by atoms with E-state index >= 15 is 0 Å². The van der Waals surface area contributed by atoms with Crippen molar-refractivity contribution in [1.82, 2.24) is 10.2 Å². The molecule has 136 valence electrons. The van der Waals surface area contributed by atoms with Crippen LogP contribution < -0.4 is 9.47 Å². The van der Waals surface area contributed by atoms with Crippen LogP contribution in [0.5, 0.6) is 11.5 Å². The molecular weight excluding hydrogens is 391 g/mol. The van der Waals surface area contributed by atoms with Gasteiger partial charge >= 0.3 is 0 Å². The summed E-state index contributed by atoms with van der Waals surface area (Å²) in [5.74, 6) is 2.22. The Balaban J connectivity index is 1.51. The maximum Gasteiger partial charge on any atom is 0.175 e. The van der Waals surface area contributed by atoms with Crippen molar-refractivity contribution in [3.63, 3.8) is 0 Å². The SMILES string of the molecule is COc1ccc(CSc2nnc(SCc3ccc(OC)c(F)c3)s2)cc1. The minimum atomic E-state index is -0.349. The van der Waals surface area contributed by atoms with Gasteiger partial charge in [-0.1, -0.05) is 53.1 Å². The van der Waals surface area contributed by atoms with Crippen LogP contribution in [0, 0.1) is 5.82 Å². The van der Waals surface area contributed by atoms with E-state index in [1.807, 2.05) is 30.3 Å². The molecule has 0 aliphatic rings. The van der Waals surface area contributed by atoms with Gasteiger partial charge in [0.2, 0.25) is 0 Å². The molecule has 2 aromatic carbocycles. The fourth-order valence-corrected chi connectivity index (χ4v) is 5.04. The molecule has 8 heteroatoms. The van der Waals surface area contributed by atoms with Crippen LogP contribution in [0.1, 0.15) is 11.1 Å². The maximum atomic E-state index is 13.7. The lowest BCUT2D eigenvalue weighted by atomic mass is 10.2. The highest BCUT2D eigenvalue weighted by Gasteiger charge is 2.08. The Kier molecular flexibility index (Phi) is 6.76. The first kappa shape index (κ1) is 19.0. The average molecular weight is 409 g/mol. The summed E-state index contributed by atoms with van der Waals surface area (Å²) in [4.78, 5) is 0. The van der Waals surface area contributed by atoms with Crippen molar-refractivity contribution in [3.8, 4) is 11.5 Å². The Morgan fingerprint density at radius 2 is 1.50 bits per heavy atom. The average Bonchev–Trinajstić information content (AvgIpc) is 3.13. The number of aromatic nitrogens is 2. The summed E-state index contributed by atoms with van der Waals surface area (Å²) in [5.41, 5.74) is 2.09. The van der Waals surface area contributed by atoms with Gasteiger partial charge in [-0.15, -0.1) is 10.2 Å². The van der Waals surface area contributed by atoms with Crippen molar-refractivity contribution in [2.45, 2.75) is 20.2 Å². The van der Waals surface area contributed by atoms with Crippen LogP contribution in [0.25, 0.3) is 0 Å². The van der Waals surface area contributed by atoms with Crippen LogP contribution in [0.2, 0.25) is 0 Å². The third-order valence-electron chi connectivity index (χ3n) is 3.49. The Morgan fingerprint density at radius 3 is 2.08 bits per heavy atom. The molecule has 0 N–H and O–H groups in total. The molecule has 0 aliphatic heterocycles. The summed E-state index contributed by atoms with van der Waals surface area (Å²) in [6.45, 7) is 0. The van der Waals surface area contributed by atoms with Gasteiger partial charge in [0.25, 0.3) is 0 Å². The number of methoxy groups -OCH3 is 2. The van der Waals surface area contributed by atoms with Crippen molar-refractivity contribution in [1.29, 1.82) is 0 Å². The summed E-state index contributed by atoms with van der Waals surface area (Å²) in [6.07, 6.45) is 0. The molecule has 0 radical (unpaired) electrons. The molecule has 0 fully saturated rings. The van der Waals surface area contributed by atoms with Gasteiger partial charge in [0.1, 0.15) is 5.75 Å². The number of benzene rings is 2. The molecule has 0 spiro atoms. The summed E-state index contributed by atoms with van der Waals surface area (Å²) in [6, 6.07) is 13.0. The Labute approximate surface area is 164 Å². The Hall–Kier alpha value is -1.77. The molecule has 3 rings (SSSR count). The quantitative estimate of drug-likeness (QED) is 0.473. The van der Waals surface area contributed by atoms with Gasteiger partial charge in [-0.3, -0.25) is 0 Å². The van der Waals surface area contributed by atoms with Crippen molar-refractivity contribution in [2.24, 2.45) is 0 Å². The van der Waals surface area contributed by atoms with Crippen LogP contribution in [0.3, 0.4) is 0 Å². The molecule has 0 aliphatic carbocycles. The van der Waals surface area contributed by atoms with Crippen LogP contribution in [0.15, 0.2) is 51.1 Å². The monoisotopic (exact) mass is 408 g/mol. The highest BCUT2D eigenvalue weighted by Crippen LogP contribution is 2.33. The fourth-order valence-electron chi connectivity index (χ4n) is 2.13. The zero-order chi connectivity index (χ0) is 18.4. The van der Waals surface area contributed by atoms with Crippen LogP contribution in [0.4, 0.5) is 4.39 Å². The topological polar surface area (TPSA) is 44.2 Å². The summed E-state index contributed by atoms with van der Waals surface area (Å²) in [5, 5.41) is 8.41. The van der Waals surface area contributed by atoms with E-state index in [-0.39, 0.29) is 11.6 Å². The highest BCUT2D eigenvalue weighted by molar-refractivity contribution is 8.02. The number of hydrogen-bond donors (Lipinski definition) is 0. The van der Waals surface area contributed by atoms with E-state index in [4.69, 9.17) is 9.47 Å². The number of thioether (sulfide) groups is 2. The van der Waals surface area contributed by atoms with Gasteiger partial charge in [-0.25, -0.2) is 4.39 Å². The second-order valence-electron chi connectivity index (χ2n) is 5.23. The zero-order valence-electron chi connectivity index (χ0n) is 14.3.